The molecule has 1 atom stereocenters. The molecule has 2 amide bonds. The molecule has 0 saturated carbocycles. The highest BCUT2D eigenvalue weighted by molar-refractivity contribution is 5.79. The van der Waals surface area contributed by atoms with Gasteiger partial charge in [0.2, 0.25) is 11.8 Å². The Morgan fingerprint density at radius 2 is 2.03 bits per heavy atom. The molecule has 2 fully saturated rings. The Kier molecular flexibility index (Phi) is 5.90. The summed E-state index contributed by atoms with van der Waals surface area (Å²) in [5.74, 6) is 0.0834. The van der Waals surface area contributed by atoms with E-state index in [-0.39, 0.29) is 23.5 Å². The van der Waals surface area contributed by atoms with Crippen LogP contribution in [0.1, 0.15) is 68.6 Å². The molecule has 0 radical (unpaired) electrons. The lowest BCUT2D eigenvalue weighted by Crippen LogP contribution is -2.32. The van der Waals surface area contributed by atoms with Crippen molar-refractivity contribution in [3.05, 3.63) is 29.2 Å². The molecule has 0 aromatic carbocycles. The fourth-order valence-electron chi connectivity index (χ4n) is 4.47. The number of fused-ring (bicyclic) bond motifs is 1. The van der Waals surface area contributed by atoms with Crippen molar-refractivity contribution in [1.82, 2.24) is 24.4 Å². The molecule has 2 aromatic rings. The molecular formula is C21H26F3N5O2. The van der Waals surface area contributed by atoms with E-state index in [9.17, 15) is 22.8 Å². The van der Waals surface area contributed by atoms with Crippen molar-refractivity contribution in [2.24, 2.45) is 0 Å². The monoisotopic (exact) mass is 437 g/mol. The van der Waals surface area contributed by atoms with E-state index in [0.717, 1.165) is 30.0 Å². The predicted molar refractivity (Wildman–Crippen MR) is 106 cm³/mol. The Morgan fingerprint density at radius 1 is 1.23 bits per heavy atom. The first kappa shape index (κ1) is 21.6. The first-order valence-corrected chi connectivity index (χ1v) is 10.8. The minimum absolute atomic E-state index is 0.0514. The number of likely N-dealkylation sites (tertiary alicyclic amines) is 2. The molecule has 2 aliphatic heterocycles. The SMILES string of the molecule is CCc1cc(C(F)(F)F)n2nc(C3CCCN3C(=O)CCCN3CCCC3=O)cc2n1. The van der Waals surface area contributed by atoms with E-state index in [1.807, 2.05) is 0 Å². The van der Waals surface area contributed by atoms with E-state index in [1.165, 1.54) is 0 Å². The minimum atomic E-state index is -4.55. The molecule has 2 aliphatic rings. The van der Waals surface area contributed by atoms with Crippen LogP contribution in [0.15, 0.2) is 12.1 Å². The van der Waals surface area contributed by atoms with E-state index in [4.69, 9.17) is 0 Å². The van der Waals surface area contributed by atoms with Crippen molar-refractivity contribution in [3.63, 3.8) is 0 Å². The number of hydrogen-bond donors (Lipinski definition) is 0. The van der Waals surface area contributed by atoms with Crippen LogP contribution in [0, 0.1) is 0 Å². The van der Waals surface area contributed by atoms with Gasteiger partial charge in [0.05, 0.1) is 11.7 Å². The largest absolute Gasteiger partial charge is 0.433 e. The van der Waals surface area contributed by atoms with Crippen LogP contribution in [-0.2, 0) is 22.2 Å². The average molecular weight is 437 g/mol. The van der Waals surface area contributed by atoms with Crippen LogP contribution in [0.4, 0.5) is 13.2 Å². The molecule has 0 N–H and O–H groups in total. The molecular weight excluding hydrogens is 411 g/mol. The summed E-state index contributed by atoms with van der Waals surface area (Å²) in [5.41, 5.74) is 0.0780. The van der Waals surface area contributed by atoms with Crippen LogP contribution >= 0.6 is 0 Å². The van der Waals surface area contributed by atoms with Gasteiger partial charge in [0.1, 0.15) is 5.69 Å². The van der Waals surface area contributed by atoms with Crippen LogP contribution in [-0.4, -0.2) is 55.8 Å². The number of aromatic nitrogens is 3. The normalized spacial score (nSPS) is 19.7. The fourth-order valence-corrected chi connectivity index (χ4v) is 4.47. The number of aryl methyl sites for hydroxylation is 1. The summed E-state index contributed by atoms with van der Waals surface area (Å²) >= 11 is 0. The third kappa shape index (κ3) is 4.38. The van der Waals surface area contributed by atoms with E-state index < -0.39 is 11.9 Å². The van der Waals surface area contributed by atoms with Crippen LogP contribution in [0.5, 0.6) is 0 Å². The topological polar surface area (TPSA) is 70.8 Å². The number of halogens is 3. The zero-order valence-electron chi connectivity index (χ0n) is 17.5. The van der Waals surface area contributed by atoms with Crippen molar-refractivity contribution in [3.8, 4) is 0 Å². The summed E-state index contributed by atoms with van der Waals surface area (Å²) in [7, 11) is 0. The molecule has 0 bridgehead atoms. The average Bonchev–Trinajstić information content (AvgIpc) is 3.45. The van der Waals surface area contributed by atoms with Crippen molar-refractivity contribution >= 4 is 17.5 Å². The van der Waals surface area contributed by atoms with Gasteiger partial charge >= 0.3 is 6.18 Å². The van der Waals surface area contributed by atoms with Crippen molar-refractivity contribution in [2.75, 3.05) is 19.6 Å². The molecule has 2 aromatic heterocycles. The molecule has 0 aliphatic carbocycles. The van der Waals surface area contributed by atoms with Gasteiger partial charge in [-0.1, -0.05) is 6.92 Å². The van der Waals surface area contributed by atoms with Gasteiger partial charge in [-0.05, 0) is 38.2 Å². The smallest absolute Gasteiger partial charge is 0.343 e. The maximum absolute atomic E-state index is 13.5. The number of hydrogen-bond acceptors (Lipinski definition) is 4. The molecule has 10 heteroatoms. The van der Waals surface area contributed by atoms with Gasteiger partial charge in [-0.3, -0.25) is 9.59 Å². The Bertz CT molecular complexity index is 987. The van der Waals surface area contributed by atoms with E-state index >= 15 is 0 Å². The number of rotatable bonds is 6. The molecule has 1 unspecified atom stereocenters. The Morgan fingerprint density at radius 3 is 2.71 bits per heavy atom. The molecule has 0 spiro atoms. The lowest BCUT2D eigenvalue weighted by Gasteiger charge is -2.24. The van der Waals surface area contributed by atoms with Gasteiger partial charge in [-0.15, -0.1) is 0 Å². The third-order valence-electron chi connectivity index (χ3n) is 6.06. The van der Waals surface area contributed by atoms with Gasteiger partial charge in [0, 0.05) is 44.2 Å². The van der Waals surface area contributed by atoms with Crippen molar-refractivity contribution < 1.29 is 22.8 Å². The first-order valence-electron chi connectivity index (χ1n) is 10.8. The summed E-state index contributed by atoms with van der Waals surface area (Å²) in [6, 6.07) is 2.24. The Labute approximate surface area is 178 Å². The zero-order valence-corrected chi connectivity index (χ0v) is 17.5. The van der Waals surface area contributed by atoms with E-state index in [0.29, 0.717) is 56.6 Å². The maximum Gasteiger partial charge on any atom is 0.433 e. The second kappa shape index (κ2) is 8.47. The van der Waals surface area contributed by atoms with Crippen molar-refractivity contribution in [1.29, 1.82) is 0 Å². The number of amides is 2. The van der Waals surface area contributed by atoms with Gasteiger partial charge < -0.3 is 9.80 Å². The summed E-state index contributed by atoms with van der Waals surface area (Å²) in [5, 5.41) is 4.21. The Hall–Kier alpha value is -2.65. The predicted octanol–water partition coefficient (Wildman–Crippen LogP) is 3.38. The molecule has 4 rings (SSSR count). The summed E-state index contributed by atoms with van der Waals surface area (Å²) in [4.78, 5) is 32.3. The lowest BCUT2D eigenvalue weighted by molar-refractivity contribution is -0.142. The second-order valence-corrected chi connectivity index (χ2v) is 8.16. The highest BCUT2D eigenvalue weighted by atomic mass is 19.4. The van der Waals surface area contributed by atoms with E-state index in [1.54, 1.807) is 22.8 Å². The summed E-state index contributed by atoms with van der Waals surface area (Å²) in [6.07, 6.45) is -0.415. The van der Waals surface area contributed by atoms with Crippen LogP contribution in [0.2, 0.25) is 0 Å². The first-order chi connectivity index (χ1) is 14.8. The standard InChI is InChI=1S/C21H26F3N5O2/c1-2-14-12-17(21(22,23)24)29-18(25-14)13-15(26-29)16-6-3-11-28(16)20(31)8-5-10-27-9-4-7-19(27)30/h12-13,16H,2-11H2,1H3. The minimum Gasteiger partial charge on any atom is -0.343 e. The van der Waals surface area contributed by atoms with Gasteiger partial charge in [-0.25, -0.2) is 9.50 Å². The summed E-state index contributed by atoms with van der Waals surface area (Å²) < 4.78 is 41.5. The highest BCUT2D eigenvalue weighted by Crippen LogP contribution is 2.35. The van der Waals surface area contributed by atoms with Crippen LogP contribution in [0.3, 0.4) is 0 Å². The van der Waals surface area contributed by atoms with Crippen LogP contribution < -0.4 is 0 Å². The maximum atomic E-state index is 13.5. The quantitative estimate of drug-likeness (QED) is 0.695. The highest BCUT2D eigenvalue weighted by Gasteiger charge is 2.37. The van der Waals surface area contributed by atoms with Gasteiger partial charge in [0.15, 0.2) is 5.65 Å². The fraction of sp³-hybridized carbons (Fsp3) is 0.619. The van der Waals surface area contributed by atoms with E-state index in [2.05, 4.69) is 10.1 Å². The molecule has 168 valence electrons. The zero-order chi connectivity index (χ0) is 22.2. The number of nitrogens with zero attached hydrogens (tertiary/aromatic N) is 5. The number of carbonyl (C=O) groups is 2. The number of carbonyl (C=O) groups excluding carboxylic acids is 2. The molecule has 31 heavy (non-hydrogen) atoms. The number of alkyl halides is 3. The third-order valence-corrected chi connectivity index (χ3v) is 6.06. The lowest BCUT2D eigenvalue weighted by atomic mass is 10.1. The van der Waals surface area contributed by atoms with Crippen LogP contribution in [0.25, 0.3) is 5.65 Å². The summed E-state index contributed by atoms with van der Waals surface area (Å²) in [6.45, 7) is 3.62. The Balaban J connectivity index is 1.51. The second-order valence-electron chi connectivity index (χ2n) is 8.16. The van der Waals surface area contributed by atoms with Crippen molar-refractivity contribution in [2.45, 2.75) is 64.1 Å². The van der Waals surface area contributed by atoms with Gasteiger partial charge in [-0.2, -0.15) is 18.3 Å². The molecule has 4 heterocycles. The molecule has 7 nitrogen and oxygen atoms in total. The molecule has 2 saturated heterocycles. The van der Waals surface area contributed by atoms with Gasteiger partial charge in [0.25, 0.3) is 0 Å².